The summed E-state index contributed by atoms with van der Waals surface area (Å²) in [6, 6.07) is 13.2. The predicted molar refractivity (Wildman–Crippen MR) is 88.2 cm³/mol. The summed E-state index contributed by atoms with van der Waals surface area (Å²) in [7, 11) is -3.45. The lowest BCUT2D eigenvalue weighted by Gasteiger charge is -2.10. The molecule has 0 saturated heterocycles. The van der Waals surface area contributed by atoms with Crippen molar-refractivity contribution in [2.75, 3.05) is 6.26 Å². The molecule has 0 aliphatic carbocycles. The Labute approximate surface area is 141 Å². The van der Waals surface area contributed by atoms with Gasteiger partial charge in [-0.25, -0.2) is 27.2 Å². The molecule has 1 aromatic heterocycles. The molecule has 0 fully saturated rings. The van der Waals surface area contributed by atoms with Crippen molar-refractivity contribution < 1.29 is 17.2 Å². The summed E-state index contributed by atoms with van der Waals surface area (Å²) in [6.07, 6.45) is -1.70. The largest absolute Gasteiger partial charge is 0.297 e. The van der Waals surface area contributed by atoms with Crippen molar-refractivity contribution in [3.63, 3.8) is 0 Å². The highest BCUT2D eigenvalue weighted by Crippen LogP contribution is 2.36. The Morgan fingerprint density at radius 2 is 1.67 bits per heavy atom. The summed E-state index contributed by atoms with van der Waals surface area (Å²) in [5, 5.41) is 0.891. The van der Waals surface area contributed by atoms with Crippen LogP contribution in [0.3, 0.4) is 0 Å². The van der Waals surface area contributed by atoms with Gasteiger partial charge in [-0.05, 0) is 18.2 Å². The maximum absolute atomic E-state index is 13.1. The Balaban J connectivity index is 2.18. The van der Waals surface area contributed by atoms with Gasteiger partial charge in [-0.15, -0.1) is 0 Å². The molecule has 0 amide bonds. The van der Waals surface area contributed by atoms with Gasteiger partial charge in [0.05, 0.1) is 10.4 Å². The van der Waals surface area contributed by atoms with Crippen LogP contribution < -0.4 is 0 Å². The summed E-state index contributed by atoms with van der Waals surface area (Å²) in [5.74, 6) is -0.576. The lowest BCUT2D eigenvalue weighted by Crippen LogP contribution is -2.01. The highest BCUT2D eigenvalue weighted by molar-refractivity contribution is 8.00. The Morgan fingerprint density at radius 1 is 1.00 bits per heavy atom. The summed E-state index contributed by atoms with van der Waals surface area (Å²) < 4.78 is 49.9. The zero-order chi connectivity index (χ0) is 17.3. The Bertz CT molecular complexity index is 1010. The molecule has 0 atom stereocenters. The first-order valence-corrected chi connectivity index (χ1v) is 9.59. The number of hydrogen-bond acceptors (Lipinski definition) is 5. The third-order valence-corrected chi connectivity index (χ3v) is 5.60. The lowest BCUT2D eigenvalue weighted by atomic mass is 10.2. The fraction of sp³-hybridized carbons (Fsp3) is 0.125. The molecule has 1 heterocycles. The minimum Gasteiger partial charge on any atom is -0.227 e. The Hall–Kier alpha value is -2.06. The monoisotopic (exact) mass is 366 g/mol. The van der Waals surface area contributed by atoms with E-state index in [2.05, 4.69) is 9.97 Å². The fourth-order valence-electron chi connectivity index (χ4n) is 2.19. The number of sulfone groups is 1. The minimum absolute atomic E-state index is 0.135. The van der Waals surface area contributed by atoms with Crippen LogP contribution in [0.15, 0.2) is 63.3 Å². The number of para-hydroxylation sites is 1. The van der Waals surface area contributed by atoms with Crippen LogP contribution in [0.1, 0.15) is 12.2 Å². The molecule has 0 unspecified atom stereocenters. The lowest BCUT2D eigenvalue weighted by molar-refractivity contribution is 0.140. The van der Waals surface area contributed by atoms with Gasteiger partial charge in [-0.3, -0.25) is 0 Å². The van der Waals surface area contributed by atoms with Crippen LogP contribution in [-0.2, 0) is 9.84 Å². The molecule has 0 saturated carbocycles. The summed E-state index contributed by atoms with van der Waals surface area (Å²) in [5.41, 5.74) is 0.391. The molecular formula is C16H12F2N2O2S2. The van der Waals surface area contributed by atoms with Gasteiger partial charge in [0, 0.05) is 16.5 Å². The van der Waals surface area contributed by atoms with E-state index in [-0.39, 0.29) is 4.90 Å². The standard InChI is InChI=1S/C16H12F2N2O2S2/c1-24(21,22)13-9-5-4-8-12(13)23-16-10-6-2-3-7-11(10)19-15(20-16)14(17)18/h2-9,14H,1H3. The van der Waals surface area contributed by atoms with Crippen LogP contribution >= 0.6 is 11.8 Å². The smallest absolute Gasteiger partial charge is 0.227 e. The zero-order valence-electron chi connectivity index (χ0n) is 12.5. The van der Waals surface area contributed by atoms with E-state index in [4.69, 9.17) is 0 Å². The van der Waals surface area contributed by atoms with E-state index in [0.29, 0.717) is 20.8 Å². The zero-order valence-corrected chi connectivity index (χ0v) is 14.1. The maximum Gasteiger partial charge on any atom is 0.297 e. The van der Waals surface area contributed by atoms with Gasteiger partial charge in [0.2, 0.25) is 0 Å². The first kappa shape index (κ1) is 16.8. The summed E-state index contributed by atoms with van der Waals surface area (Å²) in [4.78, 5) is 8.35. The van der Waals surface area contributed by atoms with Crippen molar-refractivity contribution >= 4 is 32.5 Å². The van der Waals surface area contributed by atoms with Gasteiger partial charge < -0.3 is 0 Å². The van der Waals surface area contributed by atoms with E-state index in [1.54, 1.807) is 42.5 Å². The van der Waals surface area contributed by atoms with E-state index in [1.807, 2.05) is 0 Å². The molecular weight excluding hydrogens is 354 g/mol. The molecule has 124 valence electrons. The van der Waals surface area contributed by atoms with Gasteiger partial charge in [0.15, 0.2) is 15.7 Å². The number of aromatic nitrogens is 2. The van der Waals surface area contributed by atoms with Crippen molar-refractivity contribution in [1.82, 2.24) is 9.97 Å². The molecule has 0 bridgehead atoms. The number of nitrogens with zero attached hydrogens (tertiary/aromatic N) is 2. The Morgan fingerprint density at radius 3 is 2.38 bits per heavy atom. The molecule has 3 aromatic rings. The van der Waals surface area contributed by atoms with Gasteiger partial charge in [-0.2, -0.15) is 0 Å². The number of hydrogen-bond donors (Lipinski definition) is 0. The van der Waals surface area contributed by atoms with Crippen LogP contribution in [0.4, 0.5) is 8.78 Å². The van der Waals surface area contributed by atoms with E-state index >= 15 is 0 Å². The number of rotatable bonds is 4. The van der Waals surface area contributed by atoms with Crippen LogP contribution in [-0.4, -0.2) is 24.6 Å². The molecule has 0 aliphatic rings. The van der Waals surface area contributed by atoms with Crippen molar-refractivity contribution in [2.45, 2.75) is 21.2 Å². The van der Waals surface area contributed by atoms with Crippen LogP contribution in [0, 0.1) is 0 Å². The average molecular weight is 366 g/mol. The molecule has 0 N–H and O–H groups in total. The highest BCUT2D eigenvalue weighted by Gasteiger charge is 2.18. The number of fused-ring (bicyclic) bond motifs is 1. The number of alkyl halides is 2. The second-order valence-electron chi connectivity index (χ2n) is 5.03. The van der Waals surface area contributed by atoms with Gasteiger partial charge in [-0.1, -0.05) is 42.1 Å². The minimum atomic E-state index is -3.45. The second kappa shape index (κ2) is 6.45. The van der Waals surface area contributed by atoms with Crippen molar-refractivity contribution in [2.24, 2.45) is 0 Å². The molecule has 24 heavy (non-hydrogen) atoms. The van der Waals surface area contributed by atoms with Crippen molar-refractivity contribution in [3.8, 4) is 0 Å². The van der Waals surface area contributed by atoms with Gasteiger partial charge >= 0.3 is 0 Å². The topological polar surface area (TPSA) is 59.9 Å². The van der Waals surface area contributed by atoms with Gasteiger partial charge in [0.25, 0.3) is 6.43 Å². The first-order valence-electron chi connectivity index (χ1n) is 6.88. The number of halogens is 2. The third kappa shape index (κ3) is 3.39. The van der Waals surface area contributed by atoms with E-state index < -0.39 is 22.1 Å². The van der Waals surface area contributed by atoms with Crippen LogP contribution in [0.25, 0.3) is 10.9 Å². The molecule has 0 aliphatic heterocycles. The van der Waals surface area contributed by atoms with E-state index in [9.17, 15) is 17.2 Å². The quantitative estimate of drug-likeness (QED) is 0.650. The third-order valence-electron chi connectivity index (χ3n) is 3.24. The SMILES string of the molecule is CS(=O)(=O)c1ccccc1Sc1nc(C(F)F)nc2ccccc12. The highest BCUT2D eigenvalue weighted by atomic mass is 32.2. The Kier molecular flexibility index (Phi) is 4.51. The molecule has 0 radical (unpaired) electrons. The molecule has 0 spiro atoms. The predicted octanol–water partition coefficient (Wildman–Crippen LogP) is 4.12. The number of benzene rings is 2. The molecule has 2 aromatic carbocycles. The van der Waals surface area contributed by atoms with E-state index in [0.717, 1.165) is 18.0 Å². The van der Waals surface area contributed by atoms with Crippen LogP contribution in [0.5, 0.6) is 0 Å². The summed E-state index contributed by atoms with van der Waals surface area (Å²) in [6.45, 7) is 0. The maximum atomic E-state index is 13.1. The first-order chi connectivity index (χ1) is 11.4. The van der Waals surface area contributed by atoms with Crippen molar-refractivity contribution in [1.29, 1.82) is 0 Å². The van der Waals surface area contributed by atoms with Gasteiger partial charge in [0.1, 0.15) is 5.03 Å². The second-order valence-corrected chi connectivity index (χ2v) is 8.04. The average Bonchev–Trinajstić information content (AvgIpc) is 2.54. The molecule has 3 rings (SSSR count). The van der Waals surface area contributed by atoms with E-state index in [1.165, 1.54) is 6.07 Å². The fourth-order valence-corrected chi connectivity index (χ4v) is 4.47. The summed E-state index contributed by atoms with van der Waals surface area (Å²) >= 11 is 1.04. The van der Waals surface area contributed by atoms with Crippen LogP contribution in [0.2, 0.25) is 0 Å². The molecule has 8 heteroatoms. The van der Waals surface area contributed by atoms with Crippen molar-refractivity contribution in [3.05, 3.63) is 54.4 Å². The molecule has 4 nitrogen and oxygen atoms in total. The normalized spacial score (nSPS) is 12.0.